The molecule has 0 saturated heterocycles. The number of allylic oxidation sites excluding steroid dienone is 1. The van der Waals surface area contributed by atoms with E-state index in [1.165, 1.54) is 5.56 Å². The van der Waals surface area contributed by atoms with Crippen LogP contribution in [0.5, 0.6) is 0 Å². The molecule has 2 aromatic rings. The molecule has 3 aliphatic heterocycles. The third-order valence-corrected chi connectivity index (χ3v) is 8.25. The van der Waals surface area contributed by atoms with Crippen molar-refractivity contribution in [3.05, 3.63) is 88.0 Å². The van der Waals surface area contributed by atoms with Gasteiger partial charge in [0, 0.05) is 36.0 Å². The minimum atomic E-state index is -0.303. The molecular weight excluding hydrogens is 482 g/mol. The van der Waals surface area contributed by atoms with Gasteiger partial charge in [-0.25, -0.2) is 5.01 Å². The second-order valence-corrected chi connectivity index (χ2v) is 10.5. The summed E-state index contributed by atoms with van der Waals surface area (Å²) in [6.07, 6.45) is 1.89. The predicted molar refractivity (Wildman–Crippen MR) is 151 cm³/mol. The Bertz CT molecular complexity index is 1310. The molecule has 2 amide bonds. The Morgan fingerprint density at radius 1 is 1.05 bits per heavy atom. The Kier molecular flexibility index (Phi) is 7.13. The number of nitrogens with zero attached hydrogens (tertiary/aromatic N) is 1. The molecule has 5 rings (SSSR count). The molecule has 0 bridgehead atoms. The van der Waals surface area contributed by atoms with Gasteiger partial charge in [0.25, 0.3) is 5.91 Å². The van der Waals surface area contributed by atoms with Gasteiger partial charge in [0.1, 0.15) is 5.37 Å². The number of carbonyl (C=O) groups excluding carboxylic acids is 2. The summed E-state index contributed by atoms with van der Waals surface area (Å²) in [5.41, 5.74) is 10.2. The Morgan fingerprint density at radius 2 is 1.78 bits per heavy atom. The van der Waals surface area contributed by atoms with Gasteiger partial charge in [0.2, 0.25) is 5.91 Å². The highest BCUT2D eigenvalue weighted by atomic mass is 32.2. The van der Waals surface area contributed by atoms with Crippen LogP contribution in [0.3, 0.4) is 0 Å². The lowest BCUT2D eigenvalue weighted by Crippen LogP contribution is -2.47. The molecule has 0 aromatic heterocycles. The van der Waals surface area contributed by atoms with Gasteiger partial charge in [-0.1, -0.05) is 62.4 Å². The number of para-hydroxylation sites is 1. The maximum absolute atomic E-state index is 13.1. The minimum absolute atomic E-state index is 0.0297. The number of amides is 2. The Labute approximate surface area is 222 Å². The molecular formula is C29H33N5O2S. The van der Waals surface area contributed by atoms with Crippen LogP contribution in [0.2, 0.25) is 0 Å². The van der Waals surface area contributed by atoms with Crippen molar-refractivity contribution in [2.24, 2.45) is 5.92 Å². The van der Waals surface area contributed by atoms with Crippen LogP contribution < -0.4 is 21.4 Å². The smallest absolute Gasteiger partial charge is 0.256 e. The third kappa shape index (κ3) is 4.79. The van der Waals surface area contributed by atoms with Gasteiger partial charge in [-0.15, -0.1) is 11.8 Å². The third-order valence-electron chi connectivity index (χ3n) is 7.22. The van der Waals surface area contributed by atoms with Gasteiger partial charge in [-0.05, 0) is 36.5 Å². The van der Waals surface area contributed by atoms with Crippen molar-refractivity contribution in [1.82, 2.24) is 21.1 Å². The Morgan fingerprint density at radius 3 is 2.51 bits per heavy atom. The highest BCUT2D eigenvalue weighted by molar-refractivity contribution is 8.02. The molecule has 0 spiro atoms. The van der Waals surface area contributed by atoms with Crippen molar-refractivity contribution in [2.45, 2.75) is 39.1 Å². The SMILES string of the molecule is CCN(CC)NC(=O)C1C(C)=C(/C=C2\C(=O)Nc3c(C4=CSC(c5ccccc5)N4)cccc32)NC1C. The summed E-state index contributed by atoms with van der Waals surface area (Å²) in [5.74, 6) is -0.473. The summed E-state index contributed by atoms with van der Waals surface area (Å²) < 4.78 is 0. The van der Waals surface area contributed by atoms with Crippen LogP contribution in [-0.4, -0.2) is 36.0 Å². The highest BCUT2D eigenvalue weighted by Gasteiger charge is 2.36. The van der Waals surface area contributed by atoms with Gasteiger partial charge in [-0.3, -0.25) is 15.0 Å². The van der Waals surface area contributed by atoms with E-state index in [0.29, 0.717) is 5.57 Å². The first-order valence-corrected chi connectivity index (χ1v) is 13.7. The van der Waals surface area contributed by atoms with Gasteiger partial charge in [0.15, 0.2) is 0 Å². The van der Waals surface area contributed by atoms with E-state index >= 15 is 0 Å². The first-order valence-electron chi connectivity index (χ1n) is 12.8. The molecule has 37 heavy (non-hydrogen) atoms. The molecule has 7 nitrogen and oxygen atoms in total. The zero-order valence-electron chi connectivity index (χ0n) is 21.6. The molecule has 0 saturated carbocycles. The van der Waals surface area contributed by atoms with Gasteiger partial charge in [-0.2, -0.15) is 0 Å². The van der Waals surface area contributed by atoms with Crippen molar-refractivity contribution < 1.29 is 9.59 Å². The maximum Gasteiger partial charge on any atom is 0.256 e. The average Bonchev–Trinajstić information content (AvgIpc) is 3.59. The lowest BCUT2D eigenvalue weighted by atomic mass is 9.95. The number of anilines is 1. The normalized spacial score (nSPS) is 23.6. The highest BCUT2D eigenvalue weighted by Crippen LogP contribution is 2.43. The predicted octanol–water partition coefficient (Wildman–Crippen LogP) is 4.61. The number of hydrogen-bond acceptors (Lipinski definition) is 6. The molecule has 3 unspecified atom stereocenters. The van der Waals surface area contributed by atoms with Crippen molar-refractivity contribution in [3.63, 3.8) is 0 Å². The quantitative estimate of drug-likeness (QED) is 0.318. The number of hydrazine groups is 1. The standard InChI is InChI=1S/C29H33N5O2S/c1-5-34(6-2)33-28(36)25-17(3)23(30-18(25)4)15-22-20-13-10-14-21(26(20)32-27(22)35)24-16-37-29(31-24)19-11-8-7-9-12-19/h7-16,18,25,29-31H,5-6H2,1-4H3,(H,32,35)(H,33,36)/b22-15-. The fourth-order valence-electron chi connectivity index (χ4n) is 5.17. The number of carbonyl (C=O) groups is 2. The van der Waals surface area contributed by atoms with E-state index < -0.39 is 0 Å². The van der Waals surface area contributed by atoms with E-state index in [2.05, 4.69) is 38.9 Å². The summed E-state index contributed by atoms with van der Waals surface area (Å²) in [6.45, 7) is 9.48. The van der Waals surface area contributed by atoms with Gasteiger partial charge >= 0.3 is 0 Å². The first-order chi connectivity index (χ1) is 17.9. The largest absolute Gasteiger partial charge is 0.381 e. The molecule has 4 N–H and O–H groups in total. The first kappa shape index (κ1) is 25.2. The van der Waals surface area contributed by atoms with Gasteiger partial charge in [0.05, 0.1) is 22.9 Å². The van der Waals surface area contributed by atoms with E-state index in [-0.39, 0.29) is 29.1 Å². The van der Waals surface area contributed by atoms with E-state index in [4.69, 9.17) is 0 Å². The van der Waals surface area contributed by atoms with Crippen LogP contribution in [0.1, 0.15) is 49.8 Å². The fraction of sp³-hybridized carbons (Fsp3) is 0.310. The van der Waals surface area contributed by atoms with Crippen LogP contribution in [0.25, 0.3) is 11.3 Å². The number of fused-ring (bicyclic) bond motifs is 1. The van der Waals surface area contributed by atoms with Crippen molar-refractivity contribution in [3.8, 4) is 0 Å². The van der Waals surface area contributed by atoms with Gasteiger partial charge < -0.3 is 16.0 Å². The summed E-state index contributed by atoms with van der Waals surface area (Å²) in [7, 11) is 0. The van der Waals surface area contributed by atoms with Crippen LogP contribution in [-0.2, 0) is 9.59 Å². The number of nitrogens with one attached hydrogen (secondary N) is 4. The summed E-state index contributed by atoms with van der Waals surface area (Å²) in [4.78, 5) is 26.2. The lowest BCUT2D eigenvalue weighted by Gasteiger charge is -2.24. The summed E-state index contributed by atoms with van der Waals surface area (Å²) in [5, 5.41) is 14.3. The minimum Gasteiger partial charge on any atom is -0.381 e. The molecule has 0 fully saturated rings. The van der Waals surface area contributed by atoms with E-state index in [1.54, 1.807) is 11.8 Å². The van der Waals surface area contributed by atoms with E-state index in [9.17, 15) is 9.59 Å². The zero-order chi connectivity index (χ0) is 26.1. The van der Waals surface area contributed by atoms with E-state index in [1.807, 2.05) is 75.2 Å². The van der Waals surface area contributed by atoms with Crippen molar-refractivity contribution >= 4 is 40.5 Å². The Balaban J connectivity index is 1.41. The number of hydrogen-bond donors (Lipinski definition) is 4. The zero-order valence-corrected chi connectivity index (χ0v) is 22.4. The molecule has 3 atom stereocenters. The molecule has 8 heteroatoms. The van der Waals surface area contributed by atoms with E-state index in [0.717, 1.165) is 46.9 Å². The Hall–Kier alpha value is -3.49. The number of rotatable bonds is 7. The molecule has 192 valence electrons. The molecule has 0 aliphatic carbocycles. The molecule has 3 heterocycles. The van der Waals surface area contributed by atoms with Crippen molar-refractivity contribution in [1.29, 1.82) is 0 Å². The lowest BCUT2D eigenvalue weighted by molar-refractivity contribution is -0.129. The average molecular weight is 516 g/mol. The number of thioether (sulfide) groups is 1. The summed E-state index contributed by atoms with van der Waals surface area (Å²) >= 11 is 1.72. The topological polar surface area (TPSA) is 85.5 Å². The van der Waals surface area contributed by atoms with Crippen molar-refractivity contribution in [2.75, 3.05) is 18.4 Å². The van der Waals surface area contributed by atoms with Crippen LogP contribution in [0.4, 0.5) is 5.69 Å². The molecule has 0 radical (unpaired) electrons. The second kappa shape index (κ2) is 10.5. The summed E-state index contributed by atoms with van der Waals surface area (Å²) in [6, 6.07) is 16.2. The fourth-order valence-corrected chi connectivity index (χ4v) is 6.15. The molecule has 2 aromatic carbocycles. The number of benzene rings is 2. The monoisotopic (exact) mass is 515 g/mol. The van der Waals surface area contributed by atoms with Crippen LogP contribution >= 0.6 is 11.8 Å². The van der Waals surface area contributed by atoms with Crippen LogP contribution in [0, 0.1) is 5.92 Å². The second-order valence-electron chi connectivity index (χ2n) is 9.50. The maximum atomic E-state index is 13.1. The van der Waals surface area contributed by atoms with Crippen LogP contribution in [0.15, 0.2) is 71.3 Å². The molecule has 3 aliphatic rings.